The maximum absolute atomic E-state index is 5.50. The summed E-state index contributed by atoms with van der Waals surface area (Å²) < 4.78 is 5.50. The lowest BCUT2D eigenvalue weighted by molar-refractivity contribution is -0.0510. The quantitative estimate of drug-likeness (QED) is 0.750. The predicted molar refractivity (Wildman–Crippen MR) is 53.1 cm³/mol. The van der Waals surface area contributed by atoms with E-state index in [1.165, 1.54) is 0 Å². The molecular weight excluding hydrogens is 178 g/mol. The number of hydrogen-bond donors (Lipinski definition) is 1. The molecule has 0 radical (unpaired) electrons. The van der Waals surface area contributed by atoms with E-state index in [9.17, 15) is 0 Å². The minimum absolute atomic E-state index is 0.0548. The fraction of sp³-hybridized carbons (Fsp3) is 0.600. The van der Waals surface area contributed by atoms with E-state index in [1.54, 1.807) is 19.5 Å². The van der Waals surface area contributed by atoms with Gasteiger partial charge < -0.3 is 10.1 Å². The monoisotopic (exact) mass is 193 g/mol. The molecule has 0 aromatic carbocycles. The molecule has 4 nitrogen and oxygen atoms in total. The van der Waals surface area contributed by atoms with Crippen molar-refractivity contribution in [2.24, 2.45) is 0 Å². The second-order valence-electron chi connectivity index (χ2n) is 3.76. The van der Waals surface area contributed by atoms with E-state index in [4.69, 9.17) is 4.74 Å². The Kier molecular flexibility index (Phi) is 2.48. The summed E-state index contributed by atoms with van der Waals surface area (Å²) >= 11 is 0. The Hall–Kier alpha value is -1.00. The first kappa shape index (κ1) is 9.55. The SMILES string of the molecule is COC1(Cc2nccnc2C)CNC1. The van der Waals surface area contributed by atoms with Crippen LogP contribution in [0.2, 0.25) is 0 Å². The molecule has 0 atom stereocenters. The van der Waals surface area contributed by atoms with E-state index in [0.717, 1.165) is 30.9 Å². The van der Waals surface area contributed by atoms with Crippen LogP contribution in [0, 0.1) is 6.92 Å². The van der Waals surface area contributed by atoms with Crippen molar-refractivity contribution < 1.29 is 4.74 Å². The summed E-state index contributed by atoms with van der Waals surface area (Å²) in [7, 11) is 1.76. The summed E-state index contributed by atoms with van der Waals surface area (Å²) in [5, 5.41) is 3.22. The third kappa shape index (κ3) is 1.63. The van der Waals surface area contributed by atoms with Crippen LogP contribution in [-0.4, -0.2) is 35.8 Å². The first-order chi connectivity index (χ1) is 6.76. The molecule has 0 unspecified atom stereocenters. The molecule has 0 saturated carbocycles. The summed E-state index contributed by atoms with van der Waals surface area (Å²) in [5.41, 5.74) is 1.98. The van der Waals surface area contributed by atoms with Gasteiger partial charge in [-0.25, -0.2) is 0 Å². The zero-order valence-corrected chi connectivity index (χ0v) is 8.58. The van der Waals surface area contributed by atoms with Gasteiger partial charge in [-0.05, 0) is 6.92 Å². The number of aryl methyl sites for hydroxylation is 1. The first-order valence-corrected chi connectivity index (χ1v) is 4.78. The Morgan fingerprint density at radius 3 is 2.64 bits per heavy atom. The molecule has 1 aromatic rings. The van der Waals surface area contributed by atoms with Gasteiger partial charge in [0.05, 0.1) is 17.0 Å². The van der Waals surface area contributed by atoms with Gasteiger partial charge in [0, 0.05) is 39.0 Å². The Morgan fingerprint density at radius 2 is 2.14 bits per heavy atom. The Morgan fingerprint density at radius 1 is 1.43 bits per heavy atom. The van der Waals surface area contributed by atoms with Gasteiger partial charge in [0.25, 0.3) is 0 Å². The van der Waals surface area contributed by atoms with Gasteiger partial charge in [-0.2, -0.15) is 0 Å². The number of aromatic nitrogens is 2. The summed E-state index contributed by atoms with van der Waals surface area (Å²) in [6.07, 6.45) is 4.30. The van der Waals surface area contributed by atoms with Crippen molar-refractivity contribution in [3.63, 3.8) is 0 Å². The third-order valence-corrected chi connectivity index (χ3v) is 2.80. The average molecular weight is 193 g/mol. The lowest BCUT2D eigenvalue weighted by Crippen LogP contribution is -2.62. The molecule has 2 rings (SSSR count). The van der Waals surface area contributed by atoms with Crippen LogP contribution in [0.5, 0.6) is 0 Å². The van der Waals surface area contributed by atoms with Crippen LogP contribution >= 0.6 is 0 Å². The van der Waals surface area contributed by atoms with Crippen LogP contribution in [0.15, 0.2) is 12.4 Å². The summed E-state index contributed by atoms with van der Waals surface area (Å²) in [6, 6.07) is 0. The van der Waals surface area contributed by atoms with E-state index >= 15 is 0 Å². The standard InChI is InChI=1S/C10H15N3O/c1-8-9(13-4-3-12-8)5-10(14-2)6-11-7-10/h3-4,11H,5-7H2,1-2H3. The van der Waals surface area contributed by atoms with Crippen LogP contribution in [-0.2, 0) is 11.2 Å². The normalized spacial score (nSPS) is 19.0. The highest BCUT2D eigenvalue weighted by molar-refractivity contribution is 5.14. The molecule has 1 saturated heterocycles. The highest BCUT2D eigenvalue weighted by atomic mass is 16.5. The average Bonchev–Trinajstić information content (AvgIpc) is 2.14. The van der Waals surface area contributed by atoms with Crippen molar-refractivity contribution in [2.75, 3.05) is 20.2 Å². The van der Waals surface area contributed by atoms with Crippen molar-refractivity contribution in [2.45, 2.75) is 18.9 Å². The number of hydrogen-bond acceptors (Lipinski definition) is 4. The Bertz CT molecular complexity index is 317. The molecule has 14 heavy (non-hydrogen) atoms. The van der Waals surface area contributed by atoms with E-state index in [1.807, 2.05) is 6.92 Å². The molecule has 1 aliphatic rings. The van der Waals surface area contributed by atoms with Crippen LogP contribution in [0.1, 0.15) is 11.4 Å². The molecule has 1 aliphatic heterocycles. The zero-order valence-electron chi connectivity index (χ0n) is 8.58. The highest BCUT2D eigenvalue weighted by Crippen LogP contribution is 2.21. The molecular formula is C10H15N3O. The number of rotatable bonds is 3. The summed E-state index contributed by atoms with van der Waals surface area (Å²) in [4.78, 5) is 8.54. The second kappa shape index (κ2) is 3.63. The van der Waals surface area contributed by atoms with Gasteiger partial charge in [-0.1, -0.05) is 0 Å². The maximum atomic E-state index is 5.50. The molecule has 0 amide bonds. The van der Waals surface area contributed by atoms with Gasteiger partial charge in [-0.3, -0.25) is 9.97 Å². The van der Waals surface area contributed by atoms with Gasteiger partial charge >= 0.3 is 0 Å². The molecule has 1 fully saturated rings. The van der Waals surface area contributed by atoms with E-state index in [2.05, 4.69) is 15.3 Å². The second-order valence-corrected chi connectivity index (χ2v) is 3.76. The molecule has 2 heterocycles. The van der Waals surface area contributed by atoms with Crippen molar-refractivity contribution in [3.8, 4) is 0 Å². The molecule has 1 aromatic heterocycles. The van der Waals surface area contributed by atoms with Crippen molar-refractivity contribution in [1.29, 1.82) is 0 Å². The predicted octanol–water partition coefficient (Wildman–Crippen LogP) is 0.316. The number of nitrogens with zero attached hydrogens (tertiary/aromatic N) is 2. The molecule has 0 aliphatic carbocycles. The van der Waals surface area contributed by atoms with Crippen molar-refractivity contribution >= 4 is 0 Å². The fourth-order valence-corrected chi connectivity index (χ4v) is 1.66. The summed E-state index contributed by atoms with van der Waals surface area (Å²) in [6.45, 7) is 3.79. The van der Waals surface area contributed by atoms with Gasteiger partial charge in [-0.15, -0.1) is 0 Å². The van der Waals surface area contributed by atoms with Gasteiger partial charge in [0.15, 0.2) is 0 Å². The van der Waals surface area contributed by atoms with Crippen molar-refractivity contribution in [3.05, 3.63) is 23.8 Å². The Balaban J connectivity index is 2.13. The first-order valence-electron chi connectivity index (χ1n) is 4.78. The Labute approximate surface area is 83.7 Å². The topological polar surface area (TPSA) is 47.0 Å². The van der Waals surface area contributed by atoms with Crippen LogP contribution in [0.25, 0.3) is 0 Å². The van der Waals surface area contributed by atoms with Crippen LogP contribution < -0.4 is 5.32 Å². The van der Waals surface area contributed by atoms with E-state index in [-0.39, 0.29) is 5.60 Å². The molecule has 76 valence electrons. The van der Waals surface area contributed by atoms with Crippen molar-refractivity contribution in [1.82, 2.24) is 15.3 Å². The molecule has 0 spiro atoms. The molecule has 1 N–H and O–H groups in total. The zero-order chi connectivity index (χ0) is 10.0. The third-order valence-electron chi connectivity index (χ3n) is 2.80. The largest absolute Gasteiger partial charge is 0.375 e. The maximum Gasteiger partial charge on any atom is 0.0981 e. The van der Waals surface area contributed by atoms with Crippen LogP contribution in [0.4, 0.5) is 0 Å². The number of nitrogens with one attached hydrogen (secondary N) is 1. The number of ether oxygens (including phenoxy) is 1. The van der Waals surface area contributed by atoms with Gasteiger partial charge in [0.1, 0.15) is 0 Å². The lowest BCUT2D eigenvalue weighted by atomic mass is 9.90. The fourth-order valence-electron chi connectivity index (χ4n) is 1.66. The number of methoxy groups -OCH3 is 1. The summed E-state index contributed by atoms with van der Waals surface area (Å²) in [5.74, 6) is 0. The molecule has 4 heteroatoms. The lowest BCUT2D eigenvalue weighted by Gasteiger charge is -2.41. The minimum atomic E-state index is -0.0548. The highest BCUT2D eigenvalue weighted by Gasteiger charge is 2.37. The van der Waals surface area contributed by atoms with Gasteiger partial charge in [0.2, 0.25) is 0 Å². The van der Waals surface area contributed by atoms with E-state index in [0.29, 0.717) is 0 Å². The minimum Gasteiger partial charge on any atom is -0.375 e. The smallest absolute Gasteiger partial charge is 0.0981 e. The van der Waals surface area contributed by atoms with E-state index < -0.39 is 0 Å². The van der Waals surface area contributed by atoms with Crippen LogP contribution in [0.3, 0.4) is 0 Å². The molecule has 0 bridgehead atoms.